The van der Waals surface area contributed by atoms with Gasteiger partial charge in [0, 0.05) is 36.8 Å². The molecule has 2 fully saturated rings. The molecule has 0 aliphatic carbocycles. The van der Waals surface area contributed by atoms with Crippen molar-refractivity contribution in [3.05, 3.63) is 59.7 Å². The van der Waals surface area contributed by atoms with Crippen LogP contribution in [0.5, 0.6) is 11.5 Å². The Kier molecular flexibility index (Phi) is 3.80. The van der Waals surface area contributed by atoms with Gasteiger partial charge in [-0.1, -0.05) is 36.4 Å². The van der Waals surface area contributed by atoms with E-state index in [9.17, 15) is 4.79 Å². The van der Waals surface area contributed by atoms with Crippen LogP contribution in [0.3, 0.4) is 0 Å². The Morgan fingerprint density at radius 3 is 2.00 bits per heavy atom. The number of quaternary nitrogens is 1. The molecule has 0 N–H and O–H groups in total. The van der Waals surface area contributed by atoms with Crippen molar-refractivity contribution < 1.29 is 18.8 Å². The van der Waals surface area contributed by atoms with Crippen LogP contribution in [0.25, 0.3) is 0 Å². The molecule has 0 saturated carbocycles. The third-order valence-corrected chi connectivity index (χ3v) is 6.98. The first-order valence-electron chi connectivity index (χ1n) is 9.93. The highest BCUT2D eigenvalue weighted by molar-refractivity contribution is 5.85. The summed E-state index contributed by atoms with van der Waals surface area (Å²) in [5.74, 6) is 0.947. The summed E-state index contributed by atoms with van der Waals surface area (Å²) in [6.07, 6.45) is 4.47. The summed E-state index contributed by atoms with van der Waals surface area (Å²) < 4.78 is 13.2. The number of piperidine rings is 1. The molecule has 0 amide bonds. The first kappa shape index (κ1) is 16.8. The second kappa shape index (κ2) is 6.10. The first-order valence-corrected chi connectivity index (χ1v) is 9.93. The van der Waals surface area contributed by atoms with Gasteiger partial charge in [0.05, 0.1) is 26.2 Å². The lowest BCUT2D eigenvalue weighted by Crippen LogP contribution is -2.56. The van der Waals surface area contributed by atoms with Crippen LogP contribution in [-0.2, 0) is 9.53 Å². The van der Waals surface area contributed by atoms with Gasteiger partial charge in [-0.25, -0.2) is 0 Å². The predicted octanol–water partition coefficient (Wildman–Crippen LogP) is 4.24. The van der Waals surface area contributed by atoms with Crippen LogP contribution in [0.4, 0.5) is 0 Å². The fraction of sp³-hybridized carbons (Fsp3) is 0.435. The summed E-state index contributed by atoms with van der Waals surface area (Å²) in [4.78, 5) is 13.3. The van der Waals surface area contributed by atoms with E-state index in [-0.39, 0.29) is 12.1 Å². The first-order chi connectivity index (χ1) is 13.0. The number of rotatable bonds is 2. The molecular weight excluding hydrogens is 338 g/mol. The molecule has 4 nitrogen and oxygen atoms in total. The molecule has 0 radical (unpaired) electrons. The van der Waals surface area contributed by atoms with Gasteiger partial charge in [-0.2, -0.15) is 0 Å². The maximum absolute atomic E-state index is 13.3. The predicted molar refractivity (Wildman–Crippen MR) is 103 cm³/mol. The standard InChI is InChI=1S/C23H26NO3/c1-24(2)15-11-12-16(24)14-17(13-15)26-23(25)22-18-7-3-5-9-20(18)27-21-10-6-4-8-19(21)22/h3-10,15-17,22H,11-14H2,1-2H3/q+1/t15-,16-/m0/s1. The number of carbonyl (C=O) groups excluding carboxylic acids is 1. The van der Waals surface area contributed by atoms with E-state index in [1.165, 1.54) is 12.8 Å². The van der Waals surface area contributed by atoms with Gasteiger partial charge in [0.2, 0.25) is 0 Å². The molecule has 2 aromatic carbocycles. The van der Waals surface area contributed by atoms with Gasteiger partial charge in [-0.15, -0.1) is 0 Å². The smallest absolute Gasteiger partial charge is 0.318 e. The molecule has 27 heavy (non-hydrogen) atoms. The van der Waals surface area contributed by atoms with Crippen molar-refractivity contribution in [2.45, 2.75) is 49.8 Å². The number of ether oxygens (including phenoxy) is 2. The number of para-hydroxylation sites is 2. The van der Waals surface area contributed by atoms with Crippen molar-refractivity contribution in [1.29, 1.82) is 0 Å². The summed E-state index contributed by atoms with van der Waals surface area (Å²) in [5, 5.41) is 0. The van der Waals surface area contributed by atoms with E-state index in [0.717, 1.165) is 40.0 Å². The topological polar surface area (TPSA) is 35.5 Å². The van der Waals surface area contributed by atoms with E-state index in [1.54, 1.807) is 0 Å². The summed E-state index contributed by atoms with van der Waals surface area (Å²) in [6.45, 7) is 0. The second-order valence-corrected chi connectivity index (χ2v) is 8.66. The van der Waals surface area contributed by atoms with E-state index in [1.807, 2.05) is 48.5 Å². The van der Waals surface area contributed by atoms with Gasteiger partial charge in [0.15, 0.2) is 0 Å². The number of carbonyl (C=O) groups is 1. The summed E-state index contributed by atoms with van der Waals surface area (Å²) in [7, 11) is 4.65. The normalized spacial score (nSPS) is 28.0. The Bertz CT molecular complexity index is 829. The number of fused-ring (bicyclic) bond motifs is 4. The number of hydrogen-bond acceptors (Lipinski definition) is 3. The van der Waals surface area contributed by atoms with E-state index in [2.05, 4.69) is 14.1 Å². The van der Waals surface area contributed by atoms with Gasteiger partial charge in [0.1, 0.15) is 23.5 Å². The molecule has 140 valence electrons. The summed E-state index contributed by atoms with van der Waals surface area (Å²) in [5.41, 5.74) is 1.80. The Hall–Kier alpha value is -2.33. The highest BCUT2D eigenvalue weighted by atomic mass is 16.5. The fourth-order valence-corrected chi connectivity index (χ4v) is 5.32. The van der Waals surface area contributed by atoms with E-state index in [4.69, 9.17) is 9.47 Å². The zero-order valence-corrected chi connectivity index (χ0v) is 15.9. The monoisotopic (exact) mass is 364 g/mol. The summed E-state index contributed by atoms with van der Waals surface area (Å²) in [6, 6.07) is 16.8. The zero-order valence-electron chi connectivity index (χ0n) is 15.9. The maximum Gasteiger partial charge on any atom is 0.318 e. The average Bonchev–Trinajstić information content (AvgIpc) is 2.83. The van der Waals surface area contributed by atoms with Crippen molar-refractivity contribution in [2.75, 3.05) is 14.1 Å². The highest BCUT2D eigenvalue weighted by Crippen LogP contribution is 2.46. The van der Waals surface area contributed by atoms with Crippen LogP contribution in [0.1, 0.15) is 42.7 Å². The van der Waals surface area contributed by atoms with Gasteiger partial charge in [0.25, 0.3) is 0 Å². The molecule has 0 aromatic heterocycles. The van der Waals surface area contributed by atoms with Crippen LogP contribution >= 0.6 is 0 Å². The molecule has 2 atom stereocenters. The number of hydrogen-bond donors (Lipinski definition) is 0. The Labute approximate surface area is 160 Å². The molecule has 2 aromatic rings. The Morgan fingerprint density at radius 2 is 1.44 bits per heavy atom. The second-order valence-electron chi connectivity index (χ2n) is 8.66. The van der Waals surface area contributed by atoms with E-state index in [0.29, 0.717) is 12.1 Å². The van der Waals surface area contributed by atoms with Crippen LogP contribution in [0.15, 0.2) is 48.5 Å². The third kappa shape index (κ3) is 2.66. The number of nitrogens with zero attached hydrogens (tertiary/aromatic N) is 1. The molecule has 2 bridgehead atoms. The Morgan fingerprint density at radius 1 is 0.926 bits per heavy atom. The molecule has 4 heteroatoms. The van der Waals surface area contributed by atoms with Crippen molar-refractivity contribution >= 4 is 5.97 Å². The minimum absolute atomic E-state index is 0.0309. The van der Waals surface area contributed by atoms with Crippen molar-refractivity contribution in [2.24, 2.45) is 0 Å². The van der Waals surface area contributed by atoms with E-state index < -0.39 is 5.92 Å². The molecule has 3 heterocycles. The lowest BCUT2D eigenvalue weighted by Gasteiger charge is -2.44. The molecule has 0 spiro atoms. The van der Waals surface area contributed by atoms with Crippen molar-refractivity contribution in [1.82, 2.24) is 0 Å². The lowest BCUT2D eigenvalue weighted by atomic mass is 9.88. The van der Waals surface area contributed by atoms with Crippen LogP contribution in [-0.4, -0.2) is 42.7 Å². The number of benzene rings is 2. The van der Waals surface area contributed by atoms with Crippen LogP contribution < -0.4 is 4.74 Å². The van der Waals surface area contributed by atoms with Crippen LogP contribution in [0, 0.1) is 0 Å². The molecular formula is C23H26NO3+. The fourth-order valence-electron chi connectivity index (χ4n) is 5.32. The Balaban J connectivity index is 1.43. The van der Waals surface area contributed by atoms with Crippen molar-refractivity contribution in [3.8, 4) is 11.5 Å². The van der Waals surface area contributed by atoms with Gasteiger partial charge in [-0.3, -0.25) is 4.79 Å². The molecule has 5 rings (SSSR count). The number of esters is 1. The molecule has 2 saturated heterocycles. The van der Waals surface area contributed by atoms with Crippen LogP contribution in [0.2, 0.25) is 0 Å². The van der Waals surface area contributed by atoms with Gasteiger partial charge >= 0.3 is 5.97 Å². The zero-order chi connectivity index (χ0) is 18.6. The molecule has 3 aliphatic heterocycles. The van der Waals surface area contributed by atoms with Crippen molar-refractivity contribution in [3.63, 3.8) is 0 Å². The van der Waals surface area contributed by atoms with E-state index >= 15 is 0 Å². The largest absolute Gasteiger partial charge is 0.461 e. The van der Waals surface area contributed by atoms with Gasteiger partial charge in [-0.05, 0) is 12.1 Å². The summed E-state index contributed by atoms with van der Waals surface area (Å²) >= 11 is 0. The lowest BCUT2D eigenvalue weighted by molar-refractivity contribution is -0.931. The third-order valence-electron chi connectivity index (χ3n) is 6.98. The van der Waals surface area contributed by atoms with Gasteiger partial charge < -0.3 is 14.0 Å². The molecule has 3 aliphatic rings. The quantitative estimate of drug-likeness (QED) is 0.591. The SMILES string of the molecule is C[N+]1(C)[C@H]2CC[C@H]1CC(OC(=O)C1c3ccccc3Oc3ccccc31)C2. The maximum atomic E-state index is 13.3. The minimum Gasteiger partial charge on any atom is -0.461 e. The average molecular weight is 364 g/mol. The molecule has 0 unspecified atom stereocenters. The highest BCUT2D eigenvalue weighted by Gasteiger charge is 2.50. The minimum atomic E-state index is -0.409.